The minimum atomic E-state index is -1.17. The highest BCUT2D eigenvalue weighted by molar-refractivity contribution is 5.95. The topological polar surface area (TPSA) is 56.1 Å². The maximum Gasteiger partial charge on any atom is 0.255 e. The Morgan fingerprint density at radius 1 is 1.25 bits per heavy atom. The highest BCUT2D eigenvalue weighted by Crippen LogP contribution is 2.34. The minimum Gasteiger partial charge on any atom is -0.376 e. The molecule has 2 aliphatic rings. The van der Waals surface area contributed by atoms with Crippen LogP contribution < -0.4 is 5.32 Å². The van der Waals surface area contributed by atoms with E-state index in [2.05, 4.69) is 10.4 Å². The zero-order valence-electron chi connectivity index (χ0n) is 13.0. The van der Waals surface area contributed by atoms with E-state index in [4.69, 9.17) is 4.74 Å². The van der Waals surface area contributed by atoms with Crippen molar-refractivity contribution in [3.05, 3.63) is 52.9 Å². The van der Waals surface area contributed by atoms with Crippen LogP contribution in [0.15, 0.2) is 24.4 Å². The predicted molar refractivity (Wildman–Crippen MR) is 81.5 cm³/mol. The Labute approximate surface area is 137 Å². The first-order chi connectivity index (χ1) is 11.6. The van der Waals surface area contributed by atoms with E-state index in [1.54, 1.807) is 0 Å². The highest BCUT2D eigenvalue weighted by Gasteiger charge is 2.46. The molecule has 0 radical (unpaired) electrons. The van der Waals surface area contributed by atoms with Gasteiger partial charge in [-0.1, -0.05) is 6.07 Å². The Morgan fingerprint density at radius 2 is 2.00 bits per heavy atom. The van der Waals surface area contributed by atoms with Crippen LogP contribution in [0.1, 0.15) is 34.5 Å². The number of halogens is 2. The van der Waals surface area contributed by atoms with Crippen molar-refractivity contribution in [2.75, 3.05) is 13.2 Å². The molecule has 5 nitrogen and oxygen atoms in total. The van der Waals surface area contributed by atoms with Gasteiger partial charge in [0.2, 0.25) is 0 Å². The van der Waals surface area contributed by atoms with Gasteiger partial charge in [-0.05, 0) is 31.4 Å². The second kappa shape index (κ2) is 5.66. The van der Waals surface area contributed by atoms with Crippen molar-refractivity contribution < 1.29 is 18.3 Å². The molecule has 2 aliphatic heterocycles. The van der Waals surface area contributed by atoms with Gasteiger partial charge in [0.15, 0.2) is 0 Å². The van der Waals surface area contributed by atoms with Gasteiger partial charge in [-0.25, -0.2) is 8.78 Å². The maximum atomic E-state index is 14.2. The first-order valence-corrected chi connectivity index (χ1v) is 8.00. The highest BCUT2D eigenvalue weighted by atomic mass is 19.1. The molecule has 24 heavy (non-hydrogen) atoms. The molecule has 1 aromatic carbocycles. The number of hydrogen-bond acceptors (Lipinski definition) is 3. The monoisotopic (exact) mass is 333 g/mol. The summed E-state index contributed by atoms with van der Waals surface area (Å²) in [5.74, 6) is -1.74. The van der Waals surface area contributed by atoms with Gasteiger partial charge in [0.1, 0.15) is 17.2 Å². The van der Waals surface area contributed by atoms with Crippen LogP contribution in [-0.4, -0.2) is 28.9 Å². The van der Waals surface area contributed by atoms with E-state index in [1.165, 1.54) is 24.4 Å². The second-order valence-corrected chi connectivity index (χ2v) is 6.31. The number of aryl methyl sites for hydroxylation is 1. The van der Waals surface area contributed by atoms with E-state index in [1.807, 2.05) is 4.68 Å². The van der Waals surface area contributed by atoms with Crippen LogP contribution in [0.4, 0.5) is 8.78 Å². The fourth-order valence-electron chi connectivity index (χ4n) is 3.44. The Bertz CT molecular complexity index is 779. The minimum absolute atomic E-state index is 0.0417. The van der Waals surface area contributed by atoms with E-state index >= 15 is 0 Å². The zero-order chi connectivity index (χ0) is 16.7. The number of nitrogens with one attached hydrogen (secondary N) is 1. The van der Waals surface area contributed by atoms with Crippen molar-refractivity contribution in [3.63, 3.8) is 0 Å². The molecule has 3 heterocycles. The summed E-state index contributed by atoms with van der Waals surface area (Å²) in [6.45, 7) is 0.874. The van der Waals surface area contributed by atoms with Gasteiger partial charge in [0.05, 0.1) is 36.2 Å². The summed E-state index contributed by atoms with van der Waals surface area (Å²) in [4.78, 5) is 12.7. The van der Waals surface area contributed by atoms with E-state index in [0.717, 1.165) is 31.5 Å². The lowest BCUT2D eigenvalue weighted by molar-refractivity contribution is -0.0765. The number of ether oxygens (including phenoxy) is 1. The van der Waals surface area contributed by atoms with Gasteiger partial charge in [-0.3, -0.25) is 9.48 Å². The predicted octanol–water partition coefficient (Wildman–Crippen LogP) is 2.15. The molecular weight excluding hydrogens is 316 g/mol. The third-order valence-corrected chi connectivity index (χ3v) is 4.72. The average molecular weight is 333 g/mol. The number of fused-ring (bicyclic) bond motifs is 1. The van der Waals surface area contributed by atoms with Crippen molar-refractivity contribution in [2.45, 2.75) is 31.3 Å². The molecule has 1 N–H and O–H groups in total. The molecule has 0 bridgehead atoms. The van der Waals surface area contributed by atoms with Crippen molar-refractivity contribution in [1.82, 2.24) is 15.1 Å². The molecule has 0 atom stereocenters. The number of carbonyl (C=O) groups excluding carboxylic acids is 1. The fraction of sp³-hybridized carbons (Fsp3) is 0.412. The average Bonchev–Trinajstić information content (AvgIpc) is 2.96. The first-order valence-electron chi connectivity index (χ1n) is 8.00. The summed E-state index contributed by atoms with van der Waals surface area (Å²) in [6, 6.07) is 3.68. The van der Waals surface area contributed by atoms with E-state index in [-0.39, 0.29) is 24.7 Å². The van der Waals surface area contributed by atoms with Crippen LogP contribution in [0.3, 0.4) is 0 Å². The van der Waals surface area contributed by atoms with Crippen LogP contribution in [0, 0.1) is 11.6 Å². The third-order valence-electron chi connectivity index (χ3n) is 4.72. The van der Waals surface area contributed by atoms with Gasteiger partial charge in [0, 0.05) is 6.54 Å². The van der Waals surface area contributed by atoms with Gasteiger partial charge in [-0.2, -0.15) is 5.10 Å². The molecule has 1 fully saturated rings. The van der Waals surface area contributed by atoms with E-state index in [9.17, 15) is 13.6 Å². The van der Waals surface area contributed by atoms with Crippen LogP contribution in [0.2, 0.25) is 0 Å². The van der Waals surface area contributed by atoms with Gasteiger partial charge in [-0.15, -0.1) is 0 Å². The molecule has 1 saturated heterocycles. The number of rotatable bonds is 3. The number of carbonyl (C=O) groups is 1. The fourth-order valence-corrected chi connectivity index (χ4v) is 3.44. The number of benzene rings is 1. The van der Waals surface area contributed by atoms with Crippen LogP contribution in [0.25, 0.3) is 0 Å². The van der Waals surface area contributed by atoms with Crippen molar-refractivity contribution in [3.8, 4) is 0 Å². The SMILES string of the molecule is O=C(NC1(c2c(F)cccc2F)COC1)c1cnn2c1CCCC2. The maximum absolute atomic E-state index is 14.2. The normalized spacial score (nSPS) is 18.6. The molecule has 0 unspecified atom stereocenters. The molecule has 7 heteroatoms. The number of aromatic nitrogens is 2. The second-order valence-electron chi connectivity index (χ2n) is 6.31. The smallest absolute Gasteiger partial charge is 0.255 e. The van der Waals surface area contributed by atoms with Crippen LogP contribution >= 0.6 is 0 Å². The molecule has 1 amide bonds. The molecule has 2 aromatic rings. The van der Waals surface area contributed by atoms with Gasteiger partial charge >= 0.3 is 0 Å². The summed E-state index contributed by atoms with van der Waals surface area (Å²) in [7, 11) is 0. The molecule has 0 spiro atoms. The molecule has 0 aliphatic carbocycles. The van der Waals surface area contributed by atoms with Crippen molar-refractivity contribution >= 4 is 5.91 Å². The summed E-state index contributed by atoms with van der Waals surface area (Å²) < 4.78 is 35.3. The Morgan fingerprint density at radius 3 is 2.67 bits per heavy atom. The largest absolute Gasteiger partial charge is 0.376 e. The summed E-state index contributed by atoms with van der Waals surface area (Å²) in [5.41, 5.74) is 0.0298. The Hall–Kier alpha value is -2.28. The summed E-state index contributed by atoms with van der Waals surface area (Å²) in [5, 5.41) is 7.02. The Balaban J connectivity index is 1.66. The van der Waals surface area contributed by atoms with Crippen molar-refractivity contribution in [1.29, 1.82) is 0 Å². The summed E-state index contributed by atoms with van der Waals surface area (Å²) in [6.07, 6.45) is 4.34. The summed E-state index contributed by atoms with van der Waals surface area (Å²) >= 11 is 0. The van der Waals surface area contributed by atoms with E-state index < -0.39 is 17.2 Å². The Kier molecular flexibility index (Phi) is 3.60. The number of hydrogen-bond donors (Lipinski definition) is 1. The van der Waals surface area contributed by atoms with Crippen molar-refractivity contribution in [2.24, 2.45) is 0 Å². The zero-order valence-corrected chi connectivity index (χ0v) is 13.0. The van der Waals surface area contributed by atoms with E-state index in [0.29, 0.717) is 5.56 Å². The third kappa shape index (κ3) is 2.31. The molecular formula is C17H17F2N3O2. The first kappa shape index (κ1) is 15.3. The molecule has 126 valence electrons. The lowest BCUT2D eigenvalue weighted by atomic mass is 9.86. The molecule has 0 saturated carbocycles. The molecule has 4 rings (SSSR count). The quantitative estimate of drug-likeness (QED) is 0.936. The van der Waals surface area contributed by atoms with Crippen LogP contribution in [0.5, 0.6) is 0 Å². The lowest BCUT2D eigenvalue weighted by Crippen LogP contribution is -2.60. The van der Waals surface area contributed by atoms with Gasteiger partial charge in [0.25, 0.3) is 5.91 Å². The molecule has 1 aromatic heterocycles. The lowest BCUT2D eigenvalue weighted by Gasteiger charge is -2.42. The standard InChI is InChI=1S/C17H17F2N3O2/c18-12-4-3-5-13(19)15(12)17(9-24-10-17)21-16(23)11-8-20-22-7-2-1-6-14(11)22/h3-5,8H,1-2,6-7,9-10H2,(H,21,23). The number of amides is 1. The van der Waals surface area contributed by atoms with Crippen LogP contribution in [-0.2, 0) is 23.2 Å². The van der Waals surface area contributed by atoms with Gasteiger partial charge < -0.3 is 10.1 Å². The number of nitrogens with zero attached hydrogens (tertiary/aromatic N) is 2.